The maximum atomic E-state index is 12.6. The van der Waals surface area contributed by atoms with Crippen molar-refractivity contribution < 1.29 is 35.0 Å². The maximum absolute atomic E-state index is 12.6. The third kappa shape index (κ3) is 5.08. The van der Waals surface area contributed by atoms with Crippen LogP contribution in [0.25, 0.3) is 0 Å². The Hall–Kier alpha value is -0.970. The minimum Gasteiger partial charge on any atom is -1.00 e. The predicted octanol–water partition coefficient (Wildman–Crippen LogP) is 1.39. The number of sulfonamides is 1. The molecule has 2 atom stereocenters. The zero-order valence-corrected chi connectivity index (χ0v) is 21.0. The Kier molecular flexibility index (Phi) is 8.15. The Morgan fingerprint density at radius 2 is 1.90 bits per heavy atom. The average molecular weight is 535 g/mol. The van der Waals surface area contributed by atoms with Gasteiger partial charge in [-0.05, 0) is 32.0 Å². The Morgan fingerprint density at radius 3 is 2.53 bits per heavy atom. The molecule has 6 nitrogen and oxygen atoms in total. The van der Waals surface area contributed by atoms with Crippen LogP contribution >= 0.6 is 23.4 Å². The number of thioether (sulfide) groups is 1. The minimum atomic E-state index is -4.06. The van der Waals surface area contributed by atoms with Crippen LogP contribution < -0.4 is 17.0 Å². The number of aliphatic hydroxyl groups is 1. The molecule has 0 radical (unpaired) electrons. The standard InChI is InChI=1S/C20H25ClN3O3S2.BrH/c1-15(2)22-23-29(26,27)19-11-17(9-10-18(19)21)20(25)13-28-14-24(20,3)12-16-7-5-4-6-8-16;/h4-11,15,25H,12-14H2,1-3H3;1H/q+1;/p-1. The highest BCUT2D eigenvalue weighted by atomic mass is 79.9. The summed E-state index contributed by atoms with van der Waals surface area (Å²) in [4.78, 5) is -0.141. The maximum Gasteiger partial charge on any atom is 0.300 e. The van der Waals surface area contributed by atoms with E-state index in [1.165, 1.54) is 12.1 Å². The summed E-state index contributed by atoms with van der Waals surface area (Å²) in [6.07, 6.45) is 0. The molecular weight excluding hydrogens is 510 g/mol. The second kappa shape index (κ2) is 9.67. The van der Waals surface area contributed by atoms with Crippen LogP contribution in [0.2, 0.25) is 5.02 Å². The van der Waals surface area contributed by atoms with Crippen LogP contribution in [0, 0.1) is 0 Å². The molecule has 1 aliphatic heterocycles. The molecule has 0 aliphatic carbocycles. The average Bonchev–Trinajstić information content (AvgIpc) is 2.96. The molecule has 0 saturated carbocycles. The molecule has 0 aromatic heterocycles. The van der Waals surface area contributed by atoms with Gasteiger partial charge in [0.15, 0.2) is 0 Å². The first kappa shape index (κ1) is 25.3. The van der Waals surface area contributed by atoms with Gasteiger partial charge in [0.05, 0.1) is 23.9 Å². The van der Waals surface area contributed by atoms with Gasteiger partial charge in [-0.3, -0.25) is 4.48 Å². The van der Waals surface area contributed by atoms with Crippen molar-refractivity contribution >= 4 is 33.4 Å². The van der Waals surface area contributed by atoms with Gasteiger partial charge in [0.25, 0.3) is 0 Å². The molecule has 1 fully saturated rings. The topological polar surface area (TPSA) is 79.1 Å². The molecule has 2 aromatic carbocycles. The molecule has 0 spiro atoms. The largest absolute Gasteiger partial charge is 1.00 e. The molecule has 0 bridgehead atoms. The third-order valence-corrected chi connectivity index (χ3v) is 8.01. The van der Waals surface area contributed by atoms with Crippen LogP contribution in [0.1, 0.15) is 25.0 Å². The number of rotatable bonds is 6. The lowest BCUT2D eigenvalue weighted by molar-refractivity contribution is -0.985. The highest BCUT2D eigenvalue weighted by molar-refractivity contribution is 7.99. The lowest BCUT2D eigenvalue weighted by Crippen LogP contribution is -3.00. The van der Waals surface area contributed by atoms with E-state index in [0.29, 0.717) is 28.2 Å². The van der Waals surface area contributed by atoms with Gasteiger partial charge in [0.1, 0.15) is 17.3 Å². The summed E-state index contributed by atoms with van der Waals surface area (Å²) in [5.74, 6) is 1.15. The zero-order chi connectivity index (χ0) is 21.3. The van der Waals surface area contributed by atoms with Crippen molar-refractivity contribution in [1.29, 1.82) is 0 Å². The number of nitrogens with zero attached hydrogens (tertiary/aromatic N) is 3. The molecule has 1 N–H and O–H groups in total. The summed E-state index contributed by atoms with van der Waals surface area (Å²) in [5, 5.41) is 15.5. The van der Waals surface area contributed by atoms with E-state index in [2.05, 4.69) is 9.63 Å². The van der Waals surface area contributed by atoms with E-state index in [0.717, 1.165) is 5.56 Å². The van der Waals surface area contributed by atoms with Gasteiger partial charge >= 0.3 is 10.0 Å². The smallest absolute Gasteiger partial charge is 0.300 e. The molecule has 1 heterocycles. The molecule has 2 aromatic rings. The third-order valence-electron chi connectivity index (χ3n) is 5.00. The lowest BCUT2D eigenvalue weighted by atomic mass is 10.00. The van der Waals surface area contributed by atoms with E-state index in [4.69, 9.17) is 11.6 Å². The van der Waals surface area contributed by atoms with Crippen molar-refractivity contribution in [3.05, 3.63) is 64.7 Å². The Morgan fingerprint density at radius 1 is 1.23 bits per heavy atom. The molecule has 164 valence electrons. The minimum absolute atomic E-state index is 0. The van der Waals surface area contributed by atoms with Crippen LogP contribution in [0.3, 0.4) is 0 Å². The molecular formula is C20H25BrClN3O3S2. The van der Waals surface area contributed by atoms with Gasteiger partial charge in [-0.2, -0.15) is 13.5 Å². The van der Waals surface area contributed by atoms with Crippen LogP contribution in [0.4, 0.5) is 0 Å². The van der Waals surface area contributed by atoms with Gasteiger partial charge in [0, 0.05) is 11.1 Å². The molecule has 3 rings (SSSR count). The van der Waals surface area contributed by atoms with Gasteiger partial charge in [0.2, 0.25) is 5.72 Å². The van der Waals surface area contributed by atoms with Gasteiger partial charge < -0.3 is 22.1 Å². The van der Waals surface area contributed by atoms with Gasteiger partial charge in [-0.25, -0.2) is 0 Å². The Labute approximate surface area is 197 Å². The molecule has 1 aliphatic rings. The molecule has 30 heavy (non-hydrogen) atoms. The quantitative estimate of drug-likeness (QED) is 0.449. The fraction of sp³-hybridized carbons (Fsp3) is 0.400. The first-order valence-corrected chi connectivity index (χ1v) is 12.2. The molecule has 10 heteroatoms. The van der Waals surface area contributed by atoms with E-state index < -0.39 is 15.7 Å². The van der Waals surface area contributed by atoms with E-state index in [-0.39, 0.29) is 32.9 Å². The lowest BCUT2D eigenvalue weighted by Gasteiger charge is -2.42. The van der Waals surface area contributed by atoms with Gasteiger partial charge in [-0.15, -0.1) is 0 Å². The second-order valence-corrected chi connectivity index (χ2v) is 10.7. The summed E-state index contributed by atoms with van der Waals surface area (Å²) >= 11 is 7.81. The van der Waals surface area contributed by atoms with Gasteiger partial charge in [-0.1, -0.05) is 58.2 Å². The zero-order valence-electron chi connectivity index (χ0n) is 17.0. The van der Waals surface area contributed by atoms with Crippen molar-refractivity contribution in [3.8, 4) is 0 Å². The van der Waals surface area contributed by atoms with Crippen molar-refractivity contribution in [1.82, 2.24) is 0 Å². The van der Waals surface area contributed by atoms with E-state index in [1.54, 1.807) is 31.7 Å². The highest BCUT2D eigenvalue weighted by Gasteiger charge is 2.53. The van der Waals surface area contributed by atoms with Crippen molar-refractivity contribution in [2.75, 3.05) is 18.7 Å². The van der Waals surface area contributed by atoms with Crippen molar-refractivity contribution in [2.45, 2.75) is 37.1 Å². The normalized spacial score (nSPS) is 24.3. The number of hydrogen-bond acceptors (Lipinski definition) is 5. The number of halogens is 2. The summed E-state index contributed by atoms with van der Waals surface area (Å²) in [7, 11) is -2.08. The van der Waals surface area contributed by atoms with Crippen molar-refractivity contribution in [3.63, 3.8) is 0 Å². The van der Waals surface area contributed by atoms with Crippen LogP contribution in [-0.4, -0.2) is 42.7 Å². The summed E-state index contributed by atoms with van der Waals surface area (Å²) in [6, 6.07) is 14.3. The molecule has 0 amide bonds. The molecule has 1 saturated heterocycles. The molecule has 2 unspecified atom stereocenters. The van der Waals surface area contributed by atoms with Crippen LogP contribution in [0.15, 0.2) is 63.1 Å². The monoisotopic (exact) mass is 533 g/mol. The second-order valence-electron chi connectivity index (χ2n) is 7.74. The predicted molar refractivity (Wildman–Crippen MR) is 116 cm³/mol. The highest BCUT2D eigenvalue weighted by Crippen LogP contribution is 2.45. The fourth-order valence-electron chi connectivity index (χ4n) is 3.36. The van der Waals surface area contributed by atoms with E-state index in [9.17, 15) is 13.5 Å². The number of hydrogen-bond donors (Lipinski definition) is 1. The van der Waals surface area contributed by atoms with E-state index >= 15 is 0 Å². The number of quaternary nitrogens is 1. The first-order chi connectivity index (χ1) is 13.6. The van der Waals surface area contributed by atoms with E-state index in [1.807, 2.05) is 37.4 Å². The van der Waals surface area contributed by atoms with Crippen molar-refractivity contribution in [2.24, 2.45) is 9.63 Å². The fourth-order valence-corrected chi connectivity index (χ4v) is 6.32. The Bertz CT molecular complexity index is 1020. The summed E-state index contributed by atoms with van der Waals surface area (Å²) in [6.45, 7) is 4.09. The Balaban J connectivity index is 0.00000320. The summed E-state index contributed by atoms with van der Waals surface area (Å²) in [5.41, 5.74) is 0.344. The first-order valence-electron chi connectivity index (χ1n) is 9.23. The SMILES string of the molecule is CC(C)N=NS(=O)(=O)c1cc(C2(O)CSC[N+]2(C)Cc2ccccc2)ccc1Cl.[Br-]. The van der Waals surface area contributed by atoms with Crippen LogP contribution in [-0.2, 0) is 22.3 Å². The summed E-state index contributed by atoms with van der Waals surface area (Å²) < 4.78 is 29.1. The number of benzene rings is 2. The van der Waals surface area contributed by atoms with Crippen LogP contribution in [0.5, 0.6) is 0 Å².